The number of nitrogens with one attached hydrogen (secondary N) is 1. The molecule has 0 amide bonds. The minimum absolute atomic E-state index is 0.194. The van der Waals surface area contributed by atoms with Gasteiger partial charge in [-0.1, -0.05) is 22.0 Å². The fraction of sp³-hybridized carbons (Fsp3) is 0.333. The van der Waals surface area contributed by atoms with Crippen molar-refractivity contribution in [3.63, 3.8) is 0 Å². The summed E-state index contributed by atoms with van der Waals surface area (Å²) in [5.74, 6) is 0. The Morgan fingerprint density at radius 1 is 1.40 bits per heavy atom. The first-order valence-electron chi connectivity index (χ1n) is 5.31. The van der Waals surface area contributed by atoms with Gasteiger partial charge in [0.15, 0.2) is 0 Å². The Morgan fingerprint density at radius 3 is 3.13 bits per heavy atom. The van der Waals surface area contributed by atoms with Crippen LogP contribution in [0.5, 0.6) is 0 Å². The number of benzene rings is 1. The highest BCUT2D eigenvalue weighted by molar-refractivity contribution is 9.10. The first-order chi connectivity index (χ1) is 7.25. The van der Waals surface area contributed by atoms with Gasteiger partial charge in [-0.2, -0.15) is 0 Å². The largest absolute Gasteiger partial charge is 0.357 e. The van der Waals surface area contributed by atoms with Gasteiger partial charge in [0.2, 0.25) is 0 Å². The molecule has 1 aromatic heterocycles. The zero-order valence-electron chi connectivity index (χ0n) is 8.39. The van der Waals surface area contributed by atoms with Crippen LogP contribution in [0.1, 0.15) is 30.1 Å². The molecule has 2 nitrogen and oxygen atoms in total. The van der Waals surface area contributed by atoms with Crippen molar-refractivity contribution in [1.29, 1.82) is 0 Å². The Morgan fingerprint density at radius 2 is 2.27 bits per heavy atom. The van der Waals surface area contributed by atoms with Crippen molar-refractivity contribution >= 4 is 26.8 Å². The zero-order chi connectivity index (χ0) is 10.4. The van der Waals surface area contributed by atoms with Gasteiger partial charge in [-0.05, 0) is 37.0 Å². The van der Waals surface area contributed by atoms with E-state index >= 15 is 0 Å². The molecule has 3 N–H and O–H groups in total. The van der Waals surface area contributed by atoms with E-state index in [1.807, 2.05) is 0 Å². The van der Waals surface area contributed by atoms with E-state index in [0.29, 0.717) is 0 Å². The molecule has 0 radical (unpaired) electrons. The molecule has 78 valence electrons. The molecule has 0 bridgehead atoms. The number of H-pyrrole nitrogens is 1. The maximum absolute atomic E-state index is 6.11. The molecular weight excluding hydrogens is 252 g/mol. The molecule has 0 fully saturated rings. The van der Waals surface area contributed by atoms with Crippen molar-refractivity contribution < 1.29 is 0 Å². The van der Waals surface area contributed by atoms with E-state index in [2.05, 4.69) is 39.1 Å². The first-order valence-corrected chi connectivity index (χ1v) is 6.10. The lowest BCUT2D eigenvalue weighted by Gasteiger charge is -2.18. The normalized spacial score (nSPS) is 20.5. The van der Waals surface area contributed by atoms with E-state index < -0.39 is 0 Å². The third-order valence-corrected chi connectivity index (χ3v) is 3.71. The minimum atomic E-state index is 0.194. The number of aryl methyl sites for hydroxylation is 1. The number of nitrogens with two attached hydrogens (primary N) is 1. The molecule has 1 heterocycles. The van der Waals surface area contributed by atoms with Gasteiger partial charge in [-0.15, -0.1) is 0 Å². The standard InChI is InChI=1S/C12H13BrN2/c13-7-4-5-8-9-2-1-3-10(14)12(9)15-11(8)6-7/h4-6,10,15H,1-3,14H2. The molecule has 0 saturated carbocycles. The highest BCUT2D eigenvalue weighted by Crippen LogP contribution is 2.34. The van der Waals surface area contributed by atoms with Crippen molar-refractivity contribution in [1.82, 2.24) is 4.98 Å². The quantitative estimate of drug-likeness (QED) is 0.754. The van der Waals surface area contributed by atoms with Gasteiger partial charge in [0, 0.05) is 27.1 Å². The van der Waals surface area contributed by atoms with Crippen molar-refractivity contribution in [3.05, 3.63) is 33.9 Å². The van der Waals surface area contributed by atoms with Gasteiger partial charge in [-0.3, -0.25) is 0 Å². The van der Waals surface area contributed by atoms with E-state index in [1.54, 1.807) is 0 Å². The maximum atomic E-state index is 6.11. The summed E-state index contributed by atoms with van der Waals surface area (Å²) in [5.41, 5.74) is 9.98. The van der Waals surface area contributed by atoms with Gasteiger partial charge in [-0.25, -0.2) is 0 Å². The Hall–Kier alpha value is -0.800. The van der Waals surface area contributed by atoms with Gasteiger partial charge in [0.05, 0.1) is 0 Å². The van der Waals surface area contributed by atoms with Gasteiger partial charge >= 0.3 is 0 Å². The van der Waals surface area contributed by atoms with Crippen LogP contribution in [0.25, 0.3) is 10.9 Å². The second-order valence-corrected chi connectivity index (χ2v) is 5.12. The zero-order valence-corrected chi connectivity index (χ0v) is 9.97. The predicted molar refractivity (Wildman–Crippen MR) is 65.9 cm³/mol. The van der Waals surface area contributed by atoms with Crippen LogP contribution in [0.3, 0.4) is 0 Å². The van der Waals surface area contributed by atoms with E-state index in [1.165, 1.54) is 28.6 Å². The van der Waals surface area contributed by atoms with Crippen LogP contribution in [-0.2, 0) is 6.42 Å². The lowest BCUT2D eigenvalue weighted by Crippen LogP contribution is -2.16. The third kappa shape index (κ3) is 1.42. The summed E-state index contributed by atoms with van der Waals surface area (Å²) in [7, 11) is 0. The van der Waals surface area contributed by atoms with Crippen molar-refractivity contribution in [2.75, 3.05) is 0 Å². The van der Waals surface area contributed by atoms with Crippen LogP contribution in [0.2, 0.25) is 0 Å². The molecule has 1 aromatic carbocycles. The lowest BCUT2D eigenvalue weighted by molar-refractivity contribution is 0.562. The first kappa shape index (κ1) is 9.43. The fourth-order valence-corrected chi connectivity index (χ4v) is 2.84. The number of aromatic nitrogens is 1. The summed E-state index contributed by atoms with van der Waals surface area (Å²) in [5, 5.41) is 1.34. The maximum Gasteiger partial charge on any atom is 0.0470 e. The summed E-state index contributed by atoms with van der Waals surface area (Å²) >= 11 is 3.49. The van der Waals surface area contributed by atoms with Crippen LogP contribution in [0, 0.1) is 0 Å². The van der Waals surface area contributed by atoms with Gasteiger partial charge < -0.3 is 10.7 Å². The summed E-state index contributed by atoms with van der Waals surface area (Å²) in [6.07, 6.45) is 3.46. The van der Waals surface area contributed by atoms with E-state index in [9.17, 15) is 0 Å². The number of halogens is 1. The topological polar surface area (TPSA) is 41.8 Å². The van der Waals surface area contributed by atoms with E-state index in [4.69, 9.17) is 5.73 Å². The van der Waals surface area contributed by atoms with Crippen LogP contribution in [0.15, 0.2) is 22.7 Å². The highest BCUT2D eigenvalue weighted by atomic mass is 79.9. The SMILES string of the molecule is NC1CCCc2c1[nH]c1cc(Br)ccc21. The summed E-state index contributed by atoms with van der Waals surface area (Å²) in [4.78, 5) is 3.45. The molecule has 1 atom stereocenters. The number of aromatic amines is 1. The number of hydrogen-bond acceptors (Lipinski definition) is 1. The highest BCUT2D eigenvalue weighted by Gasteiger charge is 2.20. The molecule has 1 aliphatic rings. The smallest absolute Gasteiger partial charge is 0.0470 e. The predicted octanol–water partition coefficient (Wildman–Crippen LogP) is 3.27. The minimum Gasteiger partial charge on any atom is -0.357 e. The summed E-state index contributed by atoms with van der Waals surface area (Å²) in [6.45, 7) is 0. The molecule has 0 saturated heterocycles. The summed E-state index contributed by atoms with van der Waals surface area (Å²) < 4.78 is 1.11. The Bertz CT molecular complexity index is 516. The van der Waals surface area contributed by atoms with Crippen molar-refractivity contribution in [2.45, 2.75) is 25.3 Å². The van der Waals surface area contributed by atoms with E-state index in [-0.39, 0.29) is 6.04 Å². The molecule has 0 aliphatic heterocycles. The van der Waals surface area contributed by atoms with Crippen LogP contribution in [0.4, 0.5) is 0 Å². The van der Waals surface area contributed by atoms with Crippen LogP contribution < -0.4 is 5.73 Å². The molecule has 1 unspecified atom stereocenters. The second kappa shape index (κ2) is 3.35. The van der Waals surface area contributed by atoms with Gasteiger partial charge in [0.1, 0.15) is 0 Å². The molecule has 2 aromatic rings. The number of rotatable bonds is 0. The van der Waals surface area contributed by atoms with Crippen LogP contribution >= 0.6 is 15.9 Å². The Balaban J connectivity index is 2.30. The number of hydrogen-bond donors (Lipinski definition) is 2. The average molecular weight is 265 g/mol. The molecule has 3 rings (SSSR count). The monoisotopic (exact) mass is 264 g/mol. The molecular formula is C12H13BrN2. The second-order valence-electron chi connectivity index (χ2n) is 4.21. The van der Waals surface area contributed by atoms with Crippen molar-refractivity contribution in [2.24, 2.45) is 5.73 Å². The molecule has 3 heteroatoms. The van der Waals surface area contributed by atoms with Gasteiger partial charge in [0.25, 0.3) is 0 Å². The molecule has 15 heavy (non-hydrogen) atoms. The Labute approximate surface area is 97.0 Å². The molecule has 0 spiro atoms. The lowest BCUT2D eigenvalue weighted by atomic mass is 9.92. The number of fused-ring (bicyclic) bond motifs is 3. The average Bonchev–Trinajstić information content (AvgIpc) is 2.57. The fourth-order valence-electron chi connectivity index (χ4n) is 2.48. The molecule has 1 aliphatic carbocycles. The summed E-state index contributed by atoms with van der Waals surface area (Å²) in [6, 6.07) is 6.59. The van der Waals surface area contributed by atoms with Crippen molar-refractivity contribution in [3.8, 4) is 0 Å². The Kier molecular flexibility index (Phi) is 2.11. The third-order valence-electron chi connectivity index (χ3n) is 3.21. The van der Waals surface area contributed by atoms with E-state index in [0.717, 1.165) is 17.3 Å². The van der Waals surface area contributed by atoms with Crippen LogP contribution in [-0.4, -0.2) is 4.98 Å².